The number of hydrogen-bond donors (Lipinski definition) is 2. The number of carbonyl (C=O) groups is 1. The molecular weight excluding hydrogens is 190 g/mol. The van der Waals surface area contributed by atoms with Crippen LogP contribution in [0.5, 0.6) is 0 Å². The summed E-state index contributed by atoms with van der Waals surface area (Å²) in [5, 5.41) is 8.91. The molecule has 0 radical (unpaired) electrons. The van der Waals surface area contributed by atoms with Crippen molar-refractivity contribution >= 4 is 5.97 Å². The van der Waals surface area contributed by atoms with E-state index in [2.05, 4.69) is 4.98 Å². The van der Waals surface area contributed by atoms with Crippen LogP contribution in [-0.2, 0) is 6.42 Å². The summed E-state index contributed by atoms with van der Waals surface area (Å²) in [6, 6.07) is 11.4. The van der Waals surface area contributed by atoms with Gasteiger partial charge in [-0.3, -0.25) is 0 Å². The van der Waals surface area contributed by atoms with Gasteiger partial charge in [0, 0.05) is 18.3 Å². The third kappa shape index (κ3) is 2.07. The molecule has 0 unspecified atom stereocenters. The number of aromatic carboxylic acids is 1. The van der Waals surface area contributed by atoms with Crippen LogP contribution < -0.4 is 0 Å². The molecule has 0 fully saturated rings. The summed E-state index contributed by atoms with van der Waals surface area (Å²) in [5.41, 5.74) is 2.19. The first-order valence-corrected chi connectivity index (χ1v) is 4.71. The fraction of sp³-hybridized carbons (Fsp3) is 0.0833. The number of rotatable bonds is 3. The van der Waals surface area contributed by atoms with E-state index in [1.54, 1.807) is 12.3 Å². The normalized spacial score (nSPS) is 10.1. The fourth-order valence-corrected chi connectivity index (χ4v) is 1.55. The molecule has 2 N–H and O–H groups in total. The molecular formula is C12H11NO2. The van der Waals surface area contributed by atoms with Gasteiger partial charge in [0.15, 0.2) is 0 Å². The van der Waals surface area contributed by atoms with E-state index in [-0.39, 0.29) is 0 Å². The summed E-state index contributed by atoms with van der Waals surface area (Å²) in [6.07, 6.45) is 2.28. The molecule has 0 aliphatic heterocycles. The van der Waals surface area contributed by atoms with Crippen LogP contribution in [-0.4, -0.2) is 16.1 Å². The zero-order valence-electron chi connectivity index (χ0n) is 8.10. The van der Waals surface area contributed by atoms with Crippen LogP contribution >= 0.6 is 0 Å². The van der Waals surface area contributed by atoms with Crippen LogP contribution in [0.15, 0.2) is 42.6 Å². The zero-order chi connectivity index (χ0) is 10.7. The Balaban J connectivity index is 2.25. The molecule has 0 atom stereocenters. The zero-order valence-corrected chi connectivity index (χ0v) is 8.10. The lowest BCUT2D eigenvalue weighted by atomic mass is 10.1. The molecule has 0 bridgehead atoms. The van der Waals surface area contributed by atoms with Crippen molar-refractivity contribution in [3.63, 3.8) is 0 Å². The topological polar surface area (TPSA) is 53.1 Å². The van der Waals surface area contributed by atoms with E-state index in [1.165, 1.54) is 0 Å². The van der Waals surface area contributed by atoms with Gasteiger partial charge < -0.3 is 10.1 Å². The van der Waals surface area contributed by atoms with E-state index < -0.39 is 5.97 Å². The second-order valence-electron chi connectivity index (χ2n) is 3.34. The number of carboxylic acid groups (broad SMARTS) is 1. The Morgan fingerprint density at radius 3 is 2.60 bits per heavy atom. The molecule has 0 spiro atoms. The predicted molar refractivity (Wildman–Crippen MR) is 57.0 cm³/mol. The lowest BCUT2D eigenvalue weighted by molar-refractivity contribution is 0.0696. The van der Waals surface area contributed by atoms with Crippen molar-refractivity contribution in [3.8, 4) is 0 Å². The number of benzene rings is 1. The summed E-state index contributed by atoms with van der Waals surface area (Å²) in [6.45, 7) is 0. The van der Waals surface area contributed by atoms with Crippen LogP contribution in [0.2, 0.25) is 0 Å². The standard InChI is InChI=1S/C12H11NO2/c14-12(15)10-6-7-13-11(10)8-9-4-2-1-3-5-9/h1-7,13H,8H2,(H,14,15). The minimum absolute atomic E-state index is 0.346. The largest absolute Gasteiger partial charge is 0.478 e. The number of H-pyrrole nitrogens is 1. The number of nitrogens with one attached hydrogen (secondary N) is 1. The van der Waals surface area contributed by atoms with Gasteiger partial charge in [-0.1, -0.05) is 30.3 Å². The third-order valence-electron chi connectivity index (χ3n) is 2.29. The van der Waals surface area contributed by atoms with Crippen molar-refractivity contribution in [2.45, 2.75) is 6.42 Å². The highest BCUT2D eigenvalue weighted by atomic mass is 16.4. The molecule has 1 heterocycles. The van der Waals surface area contributed by atoms with E-state index in [0.29, 0.717) is 12.0 Å². The average Bonchev–Trinajstić information content (AvgIpc) is 2.67. The van der Waals surface area contributed by atoms with E-state index >= 15 is 0 Å². The molecule has 3 nitrogen and oxygen atoms in total. The first kappa shape index (κ1) is 9.52. The highest BCUT2D eigenvalue weighted by Crippen LogP contribution is 2.12. The molecule has 3 heteroatoms. The van der Waals surface area contributed by atoms with Crippen LogP contribution in [0.25, 0.3) is 0 Å². The van der Waals surface area contributed by atoms with Gasteiger partial charge in [-0.15, -0.1) is 0 Å². The van der Waals surface area contributed by atoms with Gasteiger partial charge in [-0.25, -0.2) is 4.79 Å². The number of hydrogen-bond acceptors (Lipinski definition) is 1. The van der Waals surface area contributed by atoms with Gasteiger partial charge in [0.1, 0.15) is 0 Å². The predicted octanol–water partition coefficient (Wildman–Crippen LogP) is 2.30. The highest BCUT2D eigenvalue weighted by molar-refractivity contribution is 5.89. The molecule has 2 aromatic rings. The summed E-state index contributed by atoms with van der Waals surface area (Å²) in [4.78, 5) is 13.8. The quantitative estimate of drug-likeness (QED) is 0.800. The molecule has 15 heavy (non-hydrogen) atoms. The smallest absolute Gasteiger partial charge is 0.337 e. The van der Waals surface area contributed by atoms with Crippen molar-refractivity contribution in [2.24, 2.45) is 0 Å². The molecule has 2 rings (SSSR count). The second-order valence-corrected chi connectivity index (χ2v) is 3.34. The fourth-order valence-electron chi connectivity index (χ4n) is 1.55. The van der Waals surface area contributed by atoms with Gasteiger partial charge in [0.2, 0.25) is 0 Å². The van der Waals surface area contributed by atoms with Crippen LogP contribution in [0, 0.1) is 0 Å². The van der Waals surface area contributed by atoms with Crippen molar-refractivity contribution in [1.29, 1.82) is 0 Å². The number of carboxylic acids is 1. The Labute approximate surface area is 87.4 Å². The van der Waals surface area contributed by atoms with E-state index in [9.17, 15) is 4.79 Å². The third-order valence-corrected chi connectivity index (χ3v) is 2.29. The summed E-state index contributed by atoms with van der Waals surface area (Å²) in [5.74, 6) is -0.887. The molecule has 0 saturated heterocycles. The van der Waals surface area contributed by atoms with Crippen LogP contribution in [0.1, 0.15) is 21.6 Å². The van der Waals surface area contributed by atoms with Crippen LogP contribution in [0.4, 0.5) is 0 Å². The van der Waals surface area contributed by atoms with E-state index in [1.807, 2.05) is 30.3 Å². The summed E-state index contributed by atoms with van der Waals surface area (Å²) in [7, 11) is 0. The Bertz CT molecular complexity index is 459. The molecule has 0 aliphatic carbocycles. The molecule has 1 aromatic heterocycles. The molecule has 0 aliphatic rings. The second kappa shape index (κ2) is 4.00. The maximum Gasteiger partial charge on any atom is 0.337 e. The Morgan fingerprint density at radius 2 is 1.93 bits per heavy atom. The number of aromatic amines is 1. The first-order chi connectivity index (χ1) is 7.27. The first-order valence-electron chi connectivity index (χ1n) is 4.71. The maximum atomic E-state index is 10.9. The summed E-state index contributed by atoms with van der Waals surface area (Å²) < 4.78 is 0. The van der Waals surface area contributed by atoms with Crippen molar-refractivity contribution in [1.82, 2.24) is 4.98 Å². The monoisotopic (exact) mass is 201 g/mol. The Morgan fingerprint density at radius 1 is 1.20 bits per heavy atom. The average molecular weight is 201 g/mol. The molecule has 0 amide bonds. The number of aromatic nitrogens is 1. The molecule has 0 saturated carbocycles. The lowest BCUT2D eigenvalue weighted by Crippen LogP contribution is -2.00. The molecule has 76 valence electrons. The van der Waals surface area contributed by atoms with Crippen LogP contribution in [0.3, 0.4) is 0 Å². The minimum Gasteiger partial charge on any atom is -0.478 e. The Kier molecular flexibility index (Phi) is 2.54. The van der Waals surface area contributed by atoms with Gasteiger partial charge in [0.05, 0.1) is 5.56 Å². The van der Waals surface area contributed by atoms with Gasteiger partial charge in [-0.05, 0) is 11.6 Å². The van der Waals surface area contributed by atoms with Gasteiger partial charge in [0.25, 0.3) is 0 Å². The SMILES string of the molecule is O=C(O)c1cc[nH]c1Cc1ccccc1. The van der Waals surface area contributed by atoms with Crippen molar-refractivity contribution in [2.75, 3.05) is 0 Å². The van der Waals surface area contributed by atoms with Gasteiger partial charge in [-0.2, -0.15) is 0 Å². The maximum absolute atomic E-state index is 10.9. The van der Waals surface area contributed by atoms with E-state index in [0.717, 1.165) is 11.3 Å². The molecule has 1 aromatic carbocycles. The highest BCUT2D eigenvalue weighted by Gasteiger charge is 2.10. The lowest BCUT2D eigenvalue weighted by Gasteiger charge is -2.00. The van der Waals surface area contributed by atoms with Crippen molar-refractivity contribution < 1.29 is 9.90 Å². The summed E-state index contributed by atoms with van der Waals surface area (Å²) >= 11 is 0. The van der Waals surface area contributed by atoms with E-state index in [4.69, 9.17) is 5.11 Å². The minimum atomic E-state index is -0.887. The van der Waals surface area contributed by atoms with Crippen molar-refractivity contribution in [3.05, 3.63) is 59.4 Å². The Hall–Kier alpha value is -2.03. The van der Waals surface area contributed by atoms with Gasteiger partial charge >= 0.3 is 5.97 Å².